The summed E-state index contributed by atoms with van der Waals surface area (Å²) in [5, 5.41) is 2.77. The molecule has 0 spiro atoms. The fourth-order valence-electron chi connectivity index (χ4n) is 3.99. The van der Waals surface area contributed by atoms with Crippen LogP contribution < -0.4 is 5.56 Å². The molecular formula is C23H20N2OS. The second-order valence-electron chi connectivity index (χ2n) is 7.30. The lowest BCUT2D eigenvalue weighted by Gasteiger charge is -2.16. The molecule has 4 aromatic rings. The third-order valence-electron chi connectivity index (χ3n) is 5.39. The molecule has 0 saturated carbocycles. The van der Waals surface area contributed by atoms with Crippen LogP contribution >= 0.6 is 11.3 Å². The van der Waals surface area contributed by atoms with Gasteiger partial charge in [-0.2, -0.15) is 0 Å². The Morgan fingerprint density at radius 3 is 2.70 bits per heavy atom. The van der Waals surface area contributed by atoms with Crippen LogP contribution in [-0.4, -0.2) is 9.97 Å². The Balaban J connectivity index is 1.64. The van der Waals surface area contributed by atoms with Crippen molar-refractivity contribution < 1.29 is 0 Å². The quantitative estimate of drug-likeness (QED) is 0.504. The van der Waals surface area contributed by atoms with E-state index in [1.54, 1.807) is 11.3 Å². The number of fused-ring (bicyclic) bond motifs is 2. The number of hydrogen-bond donors (Lipinski definition) is 1. The first kappa shape index (κ1) is 16.5. The lowest BCUT2D eigenvalue weighted by molar-refractivity contribution is 0.686. The van der Waals surface area contributed by atoms with Crippen molar-refractivity contribution in [3.05, 3.63) is 74.9 Å². The van der Waals surface area contributed by atoms with E-state index < -0.39 is 0 Å². The number of nitrogens with zero attached hydrogens (tertiary/aromatic N) is 1. The maximum absolute atomic E-state index is 12.9. The van der Waals surface area contributed by atoms with Crippen molar-refractivity contribution in [3.63, 3.8) is 0 Å². The molecule has 0 radical (unpaired) electrons. The van der Waals surface area contributed by atoms with Crippen molar-refractivity contribution in [2.75, 3.05) is 0 Å². The number of thiophene rings is 1. The van der Waals surface area contributed by atoms with Crippen molar-refractivity contribution in [1.29, 1.82) is 0 Å². The van der Waals surface area contributed by atoms with Crippen LogP contribution in [0.5, 0.6) is 0 Å². The molecule has 2 aromatic carbocycles. The van der Waals surface area contributed by atoms with Gasteiger partial charge in [0.1, 0.15) is 10.7 Å². The van der Waals surface area contributed by atoms with Crippen LogP contribution in [0.2, 0.25) is 0 Å². The Labute approximate surface area is 161 Å². The number of H-pyrrole nitrogens is 1. The van der Waals surface area contributed by atoms with Crippen molar-refractivity contribution in [3.8, 4) is 22.5 Å². The molecule has 1 N–H and O–H groups in total. The SMILES string of the molecule is Cc1cccc(-c2nc3scc(-c4ccc5c(c4)CCCC5)c3c(=O)[nH]2)c1. The number of aryl methyl sites for hydroxylation is 3. The molecule has 0 saturated heterocycles. The lowest BCUT2D eigenvalue weighted by atomic mass is 9.89. The van der Waals surface area contributed by atoms with Crippen molar-refractivity contribution >= 4 is 21.6 Å². The molecule has 0 fully saturated rings. The maximum atomic E-state index is 12.9. The third kappa shape index (κ3) is 2.90. The Morgan fingerprint density at radius 2 is 1.85 bits per heavy atom. The first-order valence-electron chi connectivity index (χ1n) is 9.40. The average Bonchev–Trinajstić information content (AvgIpc) is 3.12. The molecule has 2 aromatic heterocycles. The van der Waals surface area contributed by atoms with Crippen molar-refractivity contribution in [2.45, 2.75) is 32.6 Å². The highest BCUT2D eigenvalue weighted by molar-refractivity contribution is 7.17. The molecule has 2 heterocycles. The van der Waals surface area contributed by atoms with Gasteiger partial charge in [0.2, 0.25) is 0 Å². The molecule has 0 aliphatic heterocycles. The zero-order valence-electron chi connectivity index (χ0n) is 15.2. The minimum atomic E-state index is -0.0644. The Hall–Kier alpha value is -2.72. The normalized spacial score (nSPS) is 13.7. The summed E-state index contributed by atoms with van der Waals surface area (Å²) >= 11 is 1.54. The van der Waals surface area contributed by atoms with Gasteiger partial charge in [-0.15, -0.1) is 11.3 Å². The summed E-state index contributed by atoms with van der Waals surface area (Å²) in [6.45, 7) is 2.04. The van der Waals surface area contributed by atoms with Crippen LogP contribution in [-0.2, 0) is 12.8 Å². The van der Waals surface area contributed by atoms with Gasteiger partial charge in [0.15, 0.2) is 0 Å². The molecule has 1 aliphatic carbocycles. The summed E-state index contributed by atoms with van der Waals surface area (Å²) in [4.78, 5) is 21.4. The van der Waals surface area contributed by atoms with Gasteiger partial charge in [0.25, 0.3) is 5.56 Å². The highest BCUT2D eigenvalue weighted by Gasteiger charge is 2.16. The van der Waals surface area contributed by atoms with E-state index in [-0.39, 0.29) is 5.56 Å². The number of nitrogens with one attached hydrogen (secondary N) is 1. The van der Waals surface area contributed by atoms with E-state index in [9.17, 15) is 4.79 Å². The van der Waals surface area contributed by atoms with E-state index >= 15 is 0 Å². The van der Waals surface area contributed by atoms with Gasteiger partial charge in [-0.05, 0) is 55.4 Å². The lowest BCUT2D eigenvalue weighted by Crippen LogP contribution is -2.09. The second-order valence-corrected chi connectivity index (χ2v) is 8.16. The molecule has 5 rings (SSSR count). The zero-order chi connectivity index (χ0) is 18.4. The van der Waals surface area contributed by atoms with E-state index in [4.69, 9.17) is 4.98 Å². The Bertz CT molecular complexity index is 1220. The van der Waals surface area contributed by atoms with Gasteiger partial charge in [-0.3, -0.25) is 4.79 Å². The van der Waals surface area contributed by atoms with Crippen LogP contribution in [0.4, 0.5) is 0 Å². The standard InChI is InChI=1S/C23H20N2OS/c1-14-5-4-8-18(11-14)21-24-22(26)20-19(13-27-23(20)25-21)17-10-9-15-6-2-3-7-16(15)12-17/h4-5,8-13H,2-3,6-7H2,1H3,(H,24,25,26). The van der Waals surface area contributed by atoms with E-state index in [0.717, 1.165) is 33.5 Å². The predicted octanol–water partition coefficient (Wildman–Crippen LogP) is 5.51. The molecule has 0 amide bonds. The summed E-state index contributed by atoms with van der Waals surface area (Å²) in [5.74, 6) is 0.634. The fourth-order valence-corrected chi connectivity index (χ4v) is 4.94. The molecule has 3 nitrogen and oxygen atoms in total. The highest BCUT2D eigenvalue weighted by Crippen LogP contribution is 2.34. The summed E-state index contributed by atoms with van der Waals surface area (Å²) in [6, 6.07) is 14.7. The zero-order valence-corrected chi connectivity index (χ0v) is 16.0. The average molecular weight is 372 g/mol. The molecule has 134 valence electrons. The molecule has 1 aliphatic rings. The van der Waals surface area contributed by atoms with Gasteiger partial charge in [-0.1, -0.05) is 42.0 Å². The van der Waals surface area contributed by atoms with Gasteiger partial charge >= 0.3 is 0 Å². The van der Waals surface area contributed by atoms with E-state index in [2.05, 4.69) is 28.6 Å². The number of hydrogen-bond acceptors (Lipinski definition) is 3. The number of aromatic nitrogens is 2. The van der Waals surface area contributed by atoms with Crippen LogP contribution in [0, 0.1) is 6.92 Å². The molecule has 0 atom stereocenters. The Morgan fingerprint density at radius 1 is 1.00 bits per heavy atom. The van der Waals surface area contributed by atoms with Gasteiger partial charge in [0.05, 0.1) is 5.39 Å². The van der Waals surface area contributed by atoms with Crippen molar-refractivity contribution in [2.24, 2.45) is 0 Å². The molecule has 0 bridgehead atoms. The topological polar surface area (TPSA) is 45.8 Å². The predicted molar refractivity (Wildman–Crippen MR) is 112 cm³/mol. The largest absolute Gasteiger partial charge is 0.306 e. The molecule has 4 heteroatoms. The Kier molecular flexibility index (Phi) is 3.94. The minimum absolute atomic E-state index is 0.0644. The summed E-state index contributed by atoms with van der Waals surface area (Å²) in [7, 11) is 0. The van der Waals surface area contributed by atoms with Crippen LogP contribution in [0.3, 0.4) is 0 Å². The number of benzene rings is 2. The summed E-state index contributed by atoms with van der Waals surface area (Å²) < 4.78 is 0. The fraction of sp³-hybridized carbons (Fsp3) is 0.217. The van der Waals surface area contributed by atoms with Gasteiger partial charge in [-0.25, -0.2) is 4.98 Å². The van der Waals surface area contributed by atoms with Gasteiger partial charge in [0, 0.05) is 16.5 Å². The second kappa shape index (κ2) is 6.46. The van der Waals surface area contributed by atoms with E-state index in [0.29, 0.717) is 11.2 Å². The van der Waals surface area contributed by atoms with Crippen LogP contribution in [0.25, 0.3) is 32.7 Å². The van der Waals surface area contributed by atoms with E-state index in [1.807, 2.05) is 31.2 Å². The first-order valence-corrected chi connectivity index (χ1v) is 10.3. The third-order valence-corrected chi connectivity index (χ3v) is 6.27. The smallest absolute Gasteiger partial charge is 0.260 e. The van der Waals surface area contributed by atoms with Crippen LogP contribution in [0.15, 0.2) is 52.6 Å². The number of rotatable bonds is 2. The minimum Gasteiger partial charge on any atom is -0.306 e. The maximum Gasteiger partial charge on any atom is 0.260 e. The van der Waals surface area contributed by atoms with Crippen LogP contribution in [0.1, 0.15) is 29.5 Å². The van der Waals surface area contributed by atoms with Crippen molar-refractivity contribution in [1.82, 2.24) is 9.97 Å². The molecular weight excluding hydrogens is 352 g/mol. The summed E-state index contributed by atoms with van der Waals surface area (Å²) in [6.07, 6.45) is 4.83. The molecule has 27 heavy (non-hydrogen) atoms. The van der Waals surface area contributed by atoms with E-state index in [1.165, 1.54) is 30.4 Å². The summed E-state index contributed by atoms with van der Waals surface area (Å²) in [5.41, 5.74) is 7.03. The van der Waals surface area contributed by atoms with Gasteiger partial charge < -0.3 is 4.98 Å². The monoisotopic (exact) mass is 372 g/mol. The molecule has 0 unspecified atom stereocenters. The number of aromatic amines is 1. The first-order chi connectivity index (χ1) is 13.2. The highest BCUT2D eigenvalue weighted by atomic mass is 32.1.